The van der Waals surface area contributed by atoms with Crippen LogP contribution in [0.4, 0.5) is 0 Å². The minimum absolute atomic E-state index is 0.157. The van der Waals surface area contributed by atoms with Gasteiger partial charge < -0.3 is 9.67 Å². The summed E-state index contributed by atoms with van der Waals surface area (Å²) in [6, 6.07) is 0. The Morgan fingerprint density at radius 3 is 3.12 bits per heavy atom. The Balaban J connectivity index is 2.22. The summed E-state index contributed by atoms with van der Waals surface area (Å²) in [7, 11) is 0. The van der Waals surface area contributed by atoms with Crippen LogP contribution in [0.25, 0.3) is 11.2 Å². The molecule has 0 atom stereocenters. The summed E-state index contributed by atoms with van der Waals surface area (Å²) < 4.78 is 1.92. The number of fused-ring (bicyclic) bond motifs is 1. The monoisotopic (exact) mass is 220 g/mol. The summed E-state index contributed by atoms with van der Waals surface area (Å²) in [5, 5.41) is 8.57. The maximum Gasteiger partial charge on any atom is 0.303 e. The van der Waals surface area contributed by atoms with Gasteiger partial charge in [-0.05, 0) is 13.3 Å². The van der Waals surface area contributed by atoms with Crippen LogP contribution in [0.5, 0.6) is 0 Å². The van der Waals surface area contributed by atoms with Crippen molar-refractivity contribution in [1.29, 1.82) is 0 Å². The number of nitrogens with zero attached hydrogens (tertiary/aromatic N) is 4. The third kappa shape index (κ3) is 2.00. The molecule has 2 aromatic rings. The molecule has 0 aliphatic heterocycles. The van der Waals surface area contributed by atoms with Crippen LogP contribution < -0.4 is 0 Å². The van der Waals surface area contributed by atoms with Crippen LogP contribution in [0.15, 0.2) is 12.5 Å². The number of hydrogen-bond acceptors (Lipinski definition) is 4. The van der Waals surface area contributed by atoms with Crippen molar-refractivity contribution in [2.45, 2.75) is 26.3 Å². The largest absolute Gasteiger partial charge is 0.481 e. The average Bonchev–Trinajstić information content (AvgIpc) is 2.55. The number of imidazole rings is 1. The van der Waals surface area contributed by atoms with E-state index in [0.29, 0.717) is 13.0 Å². The first-order valence-corrected chi connectivity index (χ1v) is 5.03. The zero-order valence-electron chi connectivity index (χ0n) is 8.92. The Kier molecular flexibility index (Phi) is 2.80. The van der Waals surface area contributed by atoms with Crippen molar-refractivity contribution < 1.29 is 9.90 Å². The lowest BCUT2D eigenvalue weighted by Gasteiger charge is -2.03. The van der Waals surface area contributed by atoms with Crippen LogP contribution in [0, 0.1) is 6.92 Å². The molecular formula is C10H12N4O2. The van der Waals surface area contributed by atoms with E-state index in [-0.39, 0.29) is 6.42 Å². The first-order valence-electron chi connectivity index (χ1n) is 5.03. The predicted molar refractivity (Wildman–Crippen MR) is 56.9 cm³/mol. The van der Waals surface area contributed by atoms with Gasteiger partial charge in [0.1, 0.15) is 17.7 Å². The van der Waals surface area contributed by atoms with Crippen LogP contribution in [0.3, 0.4) is 0 Å². The van der Waals surface area contributed by atoms with E-state index in [1.807, 2.05) is 11.5 Å². The number of carbonyl (C=O) groups is 1. The molecule has 84 valence electrons. The Labute approximate surface area is 92.0 Å². The summed E-state index contributed by atoms with van der Waals surface area (Å²) >= 11 is 0. The molecule has 16 heavy (non-hydrogen) atoms. The minimum atomic E-state index is -0.781. The first kappa shape index (κ1) is 10.5. The molecule has 2 rings (SSSR count). The van der Waals surface area contributed by atoms with Crippen molar-refractivity contribution in [2.24, 2.45) is 0 Å². The Bertz CT molecular complexity index is 521. The molecule has 0 saturated heterocycles. The number of aromatic nitrogens is 4. The molecule has 6 nitrogen and oxygen atoms in total. The van der Waals surface area contributed by atoms with Gasteiger partial charge in [0.25, 0.3) is 0 Å². The number of rotatable bonds is 4. The van der Waals surface area contributed by atoms with Gasteiger partial charge in [0, 0.05) is 13.0 Å². The lowest BCUT2D eigenvalue weighted by molar-refractivity contribution is -0.137. The van der Waals surface area contributed by atoms with E-state index < -0.39 is 5.97 Å². The van der Waals surface area contributed by atoms with Crippen LogP contribution in [-0.2, 0) is 11.3 Å². The number of aliphatic carboxylic acids is 1. The third-order valence-electron chi connectivity index (χ3n) is 2.37. The standard InChI is InChI=1S/C10H12N4O2/c1-7-13-8-5-11-6-12-10(8)14(7)4-2-3-9(15)16/h5-6H,2-4H2,1H3,(H,15,16). The fraction of sp³-hybridized carbons (Fsp3) is 0.400. The lowest BCUT2D eigenvalue weighted by atomic mass is 10.3. The van der Waals surface area contributed by atoms with E-state index in [4.69, 9.17) is 5.11 Å². The molecule has 6 heteroatoms. The van der Waals surface area contributed by atoms with Crippen LogP contribution in [0.1, 0.15) is 18.7 Å². The Hall–Kier alpha value is -1.98. The molecule has 0 radical (unpaired) electrons. The fourth-order valence-electron chi connectivity index (χ4n) is 1.65. The highest BCUT2D eigenvalue weighted by Gasteiger charge is 2.08. The van der Waals surface area contributed by atoms with E-state index in [9.17, 15) is 4.79 Å². The summed E-state index contributed by atoms with van der Waals surface area (Å²) in [4.78, 5) is 22.8. The number of hydrogen-bond donors (Lipinski definition) is 1. The molecule has 0 amide bonds. The zero-order valence-corrected chi connectivity index (χ0v) is 8.92. The Morgan fingerprint density at radius 2 is 2.38 bits per heavy atom. The van der Waals surface area contributed by atoms with E-state index in [2.05, 4.69) is 15.0 Å². The van der Waals surface area contributed by atoms with Crippen LogP contribution in [-0.4, -0.2) is 30.6 Å². The van der Waals surface area contributed by atoms with Crippen molar-refractivity contribution >= 4 is 17.1 Å². The van der Waals surface area contributed by atoms with Gasteiger partial charge in [-0.25, -0.2) is 15.0 Å². The smallest absolute Gasteiger partial charge is 0.303 e. The first-order chi connectivity index (χ1) is 7.68. The predicted octanol–water partition coefficient (Wildman–Crippen LogP) is 1.000. The quantitative estimate of drug-likeness (QED) is 0.831. The summed E-state index contributed by atoms with van der Waals surface area (Å²) in [6.45, 7) is 2.49. The molecule has 0 bridgehead atoms. The lowest BCUT2D eigenvalue weighted by Crippen LogP contribution is -2.04. The van der Waals surface area contributed by atoms with Crippen molar-refractivity contribution in [2.75, 3.05) is 0 Å². The van der Waals surface area contributed by atoms with Gasteiger partial charge in [0.2, 0.25) is 0 Å². The van der Waals surface area contributed by atoms with Crippen molar-refractivity contribution in [1.82, 2.24) is 19.5 Å². The van der Waals surface area contributed by atoms with Gasteiger partial charge in [-0.3, -0.25) is 4.79 Å². The van der Waals surface area contributed by atoms with Gasteiger partial charge in [-0.2, -0.15) is 0 Å². The van der Waals surface area contributed by atoms with Crippen molar-refractivity contribution in [3.8, 4) is 0 Å². The summed E-state index contributed by atoms with van der Waals surface area (Å²) in [6.07, 6.45) is 3.86. The SMILES string of the molecule is Cc1nc2cncnc2n1CCCC(=O)O. The second-order valence-electron chi connectivity index (χ2n) is 3.54. The van der Waals surface area contributed by atoms with E-state index in [1.54, 1.807) is 6.20 Å². The molecule has 0 saturated carbocycles. The Morgan fingerprint density at radius 1 is 1.56 bits per heavy atom. The van der Waals surface area contributed by atoms with Gasteiger partial charge in [-0.15, -0.1) is 0 Å². The van der Waals surface area contributed by atoms with Gasteiger partial charge in [0.15, 0.2) is 5.65 Å². The molecule has 0 fully saturated rings. The molecule has 1 N–H and O–H groups in total. The molecule has 2 heterocycles. The van der Waals surface area contributed by atoms with Crippen LogP contribution >= 0.6 is 0 Å². The maximum atomic E-state index is 10.4. The minimum Gasteiger partial charge on any atom is -0.481 e. The molecular weight excluding hydrogens is 208 g/mol. The number of carboxylic acid groups (broad SMARTS) is 1. The molecule has 0 unspecified atom stereocenters. The molecule has 0 spiro atoms. The topological polar surface area (TPSA) is 80.9 Å². The molecule has 0 aliphatic carbocycles. The fourth-order valence-corrected chi connectivity index (χ4v) is 1.65. The summed E-state index contributed by atoms with van der Waals surface area (Å²) in [5.41, 5.74) is 1.51. The highest BCUT2D eigenvalue weighted by atomic mass is 16.4. The zero-order chi connectivity index (χ0) is 11.5. The number of carboxylic acids is 1. The highest BCUT2D eigenvalue weighted by molar-refractivity contribution is 5.70. The maximum absolute atomic E-state index is 10.4. The highest BCUT2D eigenvalue weighted by Crippen LogP contribution is 2.12. The normalized spacial score (nSPS) is 10.8. The second-order valence-corrected chi connectivity index (χ2v) is 3.54. The van der Waals surface area contributed by atoms with Gasteiger partial charge in [0.05, 0.1) is 6.20 Å². The number of aryl methyl sites for hydroxylation is 2. The van der Waals surface area contributed by atoms with Crippen molar-refractivity contribution in [3.05, 3.63) is 18.3 Å². The van der Waals surface area contributed by atoms with E-state index in [0.717, 1.165) is 17.0 Å². The second kappa shape index (κ2) is 4.26. The van der Waals surface area contributed by atoms with Gasteiger partial charge >= 0.3 is 5.97 Å². The van der Waals surface area contributed by atoms with Crippen LogP contribution in [0.2, 0.25) is 0 Å². The molecule has 0 aliphatic rings. The molecule has 2 aromatic heterocycles. The van der Waals surface area contributed by atoms with Gasteiger partial charge in [-0.1, -0.05) is 0 Å². The molecule has 0 aromatic carbocycles. The average molecular weight is 220 g/mol. The van der Waals surface area contributed by atoms with Crippen molar-refractivity contribution in [3.63, 3.8) is 0 Å². The third-order valence-corrected chi connectivity index (χ3v) is 2.37. The van der Waals surface area contributed by atoms with E-state index in [1.165, 1.54) is 6.33 Å². The summed E-state index contributed by atoms with van der Waals surface area (Å²) in [5.74, 6) is 0.0533. The van der Waals surface area contributed by atoms with E-state index >= 15 is 0 Å².